The van der Waals surface area contributed by atoms with Crippen molar-refractivity contribution < 1.29 is 0 Å². The van der Waals surface area contributed by atoms with Crippen molar-refractivity contribution in [2.45, 2.75) is 39.5 Å². The van der Waals surface area contributed by atoms with Crippen molar-refractivity contribution in [2.24, 2.45) is 0 Å². The smallest absolute Gasteiger partial charge is 0.0886 e. The minimum Gasteiger partial charge on any atom is -0.254 e. The van der Waals surface area contributed by atoms with Gasteiger partial charge in [0.25, 0.3) is 0 Å². The second kappa shape index (κ2) is 12.6. The van der Waals surface area contributed by atoms with E-state index in [-0.39, 0.29) is 0 Å². The third-order valence-corrected chi connectivity index (χ3v) is 7.31. The van der Waals surface area contributed by atoms with E-state index in [0.717, 1.165) is 71.0 Å². The van der Waals surface area contributed by atoms with Crippen LogP contribution in [0, 0.1) is 13.8 Å². The fraction of sp³-hybridized carbons (Fsp3) is 0.167. The van der Waals surface area contributed by atoms with Gasteiger partial charge in [-0.2, -0.15) is 0 Å². The average molecular weight is 549 g/mol. The number of aromatic nitrogens is 6. The van der Waals surface area contributed by atoms with Crippen LogP contribution in [0.1, 0.15) is 33.4 Å². The molecule has 6 heteroatoms. The van der Waals surface area contributed by atoms with E-state index < -0.39 is 0 Å². The molecule has 0 fully saturated rings. The van der Waals surface area contributed by atoms with Gasteiger partial charge in [0.05, 0.1) is 34.2 Å². The van der Waals surface area contributed by atoms with Gasteiger partial charge < -0.3 is 0 Å². The van der Waals surface area contributed by atoms with Crippen LogP contribution in [0.25, 0.3) is 34.2 Å². The van der Waals surface area contributed by atoms with Gasteiger partial charge in [-0.05, 0) is 109 Å². The molecule has 206 valence electrons. The maximum Gasteiger partial charge on any atom is 0.0886 e. The van der Waals surface area contributed by atoms with Gasteiger partial charge in [0, 0.05) is 37.2 Å². The average Bonchev–Trinajstić information content (AvgIpc) is 3.05. The fourth-order valence-corrected chi connectivity index (χ4v) is 4.71. The van der Waals surface area contributed by atoms with Crippen molar-refractivity contribution >= 4 is 0 Å². The number of pyridine rings is 6. The SMILES string of the molecule is Cc1ccc(-c2ccc(CCc3ccc(-c4ccc(CCc5ccc(-c6ccc(C)cn6)nc5)cn4)nc3)cn2)nc1. The van der Waals surface area contributed by atoms with Gasteiger partial charge in [0.1, 0.15) is 0 Å². The molecule has 0 aliphatic rings. The summed E-state index contributed by atoms with van der Waals surface area (Å²) < 4.78 is 0. The number of aryl methyl sites for hydroxylation is 6. The lowest BCUT2D eigenvalue weighted by molar-refractivity contribution is 0.937. The largest absolute Gasteiger partial charge is 0.254 e. The van der Waals surface area contributed by atoms with E-state index >= 15 is 0 Å². The first-order valence-corrected chi connectivity index (χ1v) is 14.3. The molecular weight excluding hydrogens is 516 g/mol. The molecule has 0 unspecified atom stereocenters. The first-order valence-electron chi connectivity index (χ1n) is 14.3. The Balaban J connectivity index is 0.999. The highest BCUT2D eigenvalue weighted by Crippen LogP contribution is 2.19. The molecule has 0 saturated heterocycles. The third kappa shape index (κ3) is 6.78. The van der Waals surface area contributed by atoms with E-state index in [0.29, 0.717) is 0 Å². The van der Waals surface area contributed by atoms with Gasteiger partial charge in [0.15, 0.2) is 0 Å². The summed E-state index contributed by atoms with van der Waals surface area (Å²) in [6.45, 7) is 4.07. The van der Waals surface area contributed by atoms with Crippen molar-refractivity contribution in [3.8, 4) is 34.2 Å². The van der Waals surface area contributed by atoms with E-state index in [4.69, 9.17) is 0 Å². The molecule has 6 aromatic heterocycles. The maximum absolute atomic E-state index is 4.68. The first kappa shape index (κ1) is 27.1. The van der Waals surface area contributed by atoms with E-state index in [2.05, 4.69) is 78.4 Å². The molecule has 0 amide bonds. The number of hydrogen-bond donors (Lipinski definition) is 0. The molecule has 0 aromatic carbocycles. The second-order valence-electron chi connectivity index (χ2n) is 10.6. The molecule has 0 N–H and O–H groups in total. The zero-order chi connectivity index (χ0) is 28.7. The lowest BCUT2D eigenvalue weighted by Gasteiger charge is -2.07. The normalized spacial score (nSPS) is 11.0. The lowest BCUT2D eigenvalue weighted by atomic mass is 10.1. The summed E-state index contributed by atoms with van der Waals surface area (Å²) in [5, 5.41) is 0. The van der Waals surface area contributed by atoms with Gasteiger partial charge in [-0.15, -0.1) is 0 Å². The zero-order valence-corrected chi connectivity index (χ0v) is 23.9. The van der Waals surface area contributed by atoms with Crippen LogP contribution in [0.15, 0.2) is 110 Å². The highest BCUT2D eigenvalue weighted by atomic mass is 14.8. The van der Waals surface area contributed by atoms with Crippen LogP contribution in [-0.2, 0) is 25.7 Å². The predicted molar refractivity (Wildman–Crippen MR) is 167 cm³/mol. The predicted octanol–water partition coefficient (Wildman–Crippen LogP) is 7.24. The van der Waals surface area contributed by atoms with Crippen molar-refractivity contribution in [3.63, 3.8) is 0 Å². The van der Waals surface area contributed by atoms with Crippen LogP contribution in [0.3, 0.4) is 0 Å². The molecule has 6 heterocycles. The molecule has 6 nitrogen and oxygen atoms in total. The monoisotopic (exact) mass is 548 g/mol. The summed E-state index contributed by atoms with van der Waals surface area (Å²) in [4.78, 5) is 27.5. The van der Waals surface area contributed by atoms with Crippen LogP contribution in [0.4, 0.5) is 0 Å². The Morgan fingerprint density at radius 3 is 0.738 bits per heavy atom. The molecule has 0 atom stereocenters. The lowest BCUT2D eigenvalue weighted by Crippen LogP contribution is -1.97. The standard InChI is InChI=1S/C36H32N6/c1-25-3-13-31(37-19-25)33-15-9-27(21-39-33)5-7-29-11-17-35(41-23-29)36-18-12-30(24-42-36)8-6-28-10-16-34(40-22-28)32-14-4-26(2)20-38-32/h3-4,9-24H,5-8H2,1-2H3. The Bertz CT molecular complexity index is 1590. The Morgan fingerprint density at radius 1 is 0.310 bits per heavy atom. The summed E-state index contributed by atoms with van der Waals surface area (Å²) in [7, 11) is 0. The van der Waals surface area contributed by atoms with E-state index in [1.165, 1.54) is 22.3 Å². The summed E-state index contributed by atoms with van der Waals surface area (Å²) in [5.41, 5.74) is 12.4. The Labute approximate surface area is 246 Å². The van der Waals surface area contributed by atoms with Crippen molar-refractivity contribution in [1.82, 2.24) is 29.9 Å². The van der Waals surface area contributed by atoms with Crippen molar-refractivity contribution in [3.05, 3.63) is 143 Å². The molecule has 0 aliphatic heterocycles. The Hall–Kier alpha value is -5.10. The minimum atomic E-state index is 0.881. The zero-order valence-electron chi connectivity index (χ0n) is 23.9. The van der Waals surface area contributed by atoms with Gasteiger partial charge in [0.2, 0.25) is 0 Å². The Kier molecular flexibility index (Phi) is 8.13. The number of hydrogen-bond acceptors (Lipinski definition) is 6. The molecule has 6 rings (SSSR count). The molecule has 42 heavy (non-hydrogen) atoms. The quantitative estimate of drug-likeness (QED) is 0.189. The summed E-state index contributed by atoms with van der Waals surface area (Å²) in [5.74, 6) is 0. The topological polar surface area (TPSA) is 77.3 Å². The molecule has 0 radical (unpaired) electrons. The van der Waals surface area contributed by atoms with Gasteiger partial charge >= 0.3 is 0 Å². The molecule has 0 bridgehead atoms. The van der Waals surface area contributed by atoms with Crippen molar-refractivity contribution in [1.29, 1.82) is 0 Å². The molecule has 0 saturated carbocycles. The summed E-state index contributed by atoms with van der Waals surface area (Å²) in [6.07, 6.45) is 15.1. The maximum atomic E-state index is 4.68. The van der Waals surface area contributed by atoms with E-state index in [1.54, 1.807) is 0 Å². The molecule has 6 aromatic rings. The van der Waals surface area contributed by atoms with E-state index in [9.17, 15) is 0 Å². The number of nitrogens with zero attached hydrogens (tertiary/aromatic N) is 6. The molecule has 0 spiro atoms. The molecule has 0 aliphatic carbocycles. The highest BCUT2D eigenvalue weighted by molar-refractivity contribution is 5.56. The Morgan fingerprint density at radius 2 is 0.548 bits per heavy atom. The second-order valence-corrected chi connectivity index (χ2v) is 10.6. The first-order chi connectivity index (χ1) is 20.6. The summed E-state index contributed by atoms with van der Waals surface area (Å²) >= 11 is 0. The van der Waals surface area contributed by atoms with Crippen LogP contribution >= 0.6 is 0 Å². The number of rotatable bonds is 9. The van der Waals surface area contributed by atoms with Crippen molar-refractivity contribution in [2.75, 3.05) is 0 Å². The van der Waals surface area contributed by atoms with Gasteiger partial charge in [-0.25, -0.2) is 0 Å². The van der Waals surface area contributed by atoms with Gasteiger partial charge in [-0.3, -0.25) is 29.9 Å². The van der Waals surface area contributed by atoms with Crippen LogP contribution in [0.2, 0.25) is 0 Å². The van der Waals surface area contributed by atoms with Gasteiger partial charge in [-0.1, -0.05) is 36.4 Å². The van der Waals surface area contributed by atoms with E-state index in [1.807, 2.05) is 75.3 Å². The fourth-order valence-electron chi connectivity index (χ4n) is 4.71. The van der Waals surface area contributed by atoms with Crippen LogP contribution < -0.4 is 0 Å². The van der Waals surface area contributed by atoms with Crippen LogP contribution in [-0.4, -0.2) is 29.9 Å². The van der Waals surface area contributed by atoms with Crippen LogP contribution in [0.5, 0.6) is 0 Å². The summed E-state index contributed by atoms with van der Waals surface area (Å²) in [6, 6.07) is 24.9. The minimum absolute atomic E-state index is 0.881. The third-order valence-electron chi connectivity index (χ3n) is 7.31. The highest BCUT2D eigenvalue weighted by Gasteiger charge is 2.06. The molecular formula is C36H32N6.